The van der Waals surface area contributed by atoms with Crippen molar-refractivity contribution in [1.29, 1.82) is 0 Å². The minimum Gasteiger partial charge on any atom is -0.370 e. The fourth-order valence-electron chi connectivity index (χ4n) is 0.523. The molecule has 0 saturated heterocycles. The van der Waals surface area contributed by atoms with Crippen LogP contribution >= 0.6 is 0 Å². The number of aliphatic imine (C=N–C) groups is 1. The van der Waals surface area contributed by atoms with Crippen LogP contribution in [-0.2, 0) is 4.79 Å². The van der Waals surface area contributed by atoms with Gasteiger partial charge in [0.15, 0.2) is 5.96 Å². The normalized spacial score (nSPS) is 19.5. The molecule has 3 N–H and O–H groups in total. The van der Waals surface area contributed by atoms with Crippen LogP contribution in [0.2, 0.25) is 0 Å². The number of nitrogens with zero attached hydrogens (tertiary/aromatic N) is 1. The number of hydrogen-bond donors (Lipinski definition) is 2. The van der Waals surface area contributed by atoms with Crippen molar-refractivity contribution in [2.75, 3.05) is 6.54 Å². The number of rotatable bonds is 0. The highest BCUT2D eigenvalue weighted by Gasteiger charge is 2.06. The third kappa shape index (κ3) is 0.959. The standard InChI is InChI=1S/C4H7N3O/c5-4-6-2-1-3(8)7-4/h1-2H2,(H3,5,6,7,8). The molecule has 0 atom stereocenters. The van der Waals surface area contributed by atoms with Crippen LogP contribution in [0.5, 0.6) is 0 Å². The van der Waals surface area contributed by atoms with E-state index in [4.69, 9.17) is 5.73 Å². The Bertz CT molecular complexity index is 140. The molecule has 8 heavy (non-hydrogen) atoms. The van der Waals surface area contributed by atoms with E-state index >= 15 is 0 Å². The largest absolute Gasteiger partial charge is 0.370 e. The van der Waals surface area contributed by atoms with Gasteiger partial charge in [0.05, 0.1) is 6.54 Å². The number of amides is 1. The summed E-state index contributed by atoms with van der Waals surface area (Å²) in [7, 11) is 0. The Balaban J connectivity index is 2.57. The van der Waals surface area contributed by atoms with E-state index in [1.54, 1.807) is 0 Å². The summed E-state index contributed by atoms with van der Waals surface area (Å²) in [5.74, 6) is 0.193. The van der Waals surface area contributed by atoms with Crippen LogP contribution in [0.25, 0.3) is 0 Å². The highest BCUT2D eigenvalue weighted by molar-refractivity contribution is 5.97. The molecular weight excluding hydrogens is 106 g/mol. The Morgan fingerprint density at radius 3 is 2.88 bits per heavy atom. The molecule has 4 nitrogen and oxygen atoms in total. The van der Waals surface area contributed by atoms with Crippen molar-refractivity contribution < 1.29 is 4.79 Å². The third-order valence-electron chi connectivity index (χ3n) is 0.889. The first-order chi connectivity index (χ1) is 3.79. The lowest BCUT2D eigenvalue weighted by Gasteiger charge is -2.07. The zero-order valence-corrected chi connectivity index (χ0v) is 4.35. The Morgan fingerprint density at radius 1 is 1.75 bits per heavy atom. The SMILES string of the molecule is NC1=NCCC(=O)N1. The van der Waals surface area contributed by atoms with E-state index in [0.29, 0.717) is 13.0 Å². The van der Waals surface area contributed by atoms with E-state index in [1.165, 1.54) is 0 Å². The summed E-state index contributed by atoms with van der Waals surface area (Å²) in [6.07, 6.45) is 0.459. The molecule has 1 heterocycles. The van der Waals surface area contributed by atoms with Crippen molar-refractivity contribution in [3.63, 3.8) is 0 Å². The maximum Gasteiger partial charge on any atom is 0.228 e. The van der Waals surface area contributed by atoms with E-state index in [-0.39, 0.29) is 11.9 Å². The highest BCUT2D eigenvalue weighted by Crippen LogP contribution is 1.86. The molecule has 0 aromatic rings. The van der Waals surface area contributed by atoms with Crippen molar-refractivity contribution in [2.24, 2.45) is 10.7 Å². The topological polar surface area (TPSA) is 67.5 Å². The molecule has 44 valence electrons. The number of guanidine groups is 1. The molecule has 0 aliphatic carbocycles. The fourth-order valence-corrected chi connectivity index (χ4v) is 0.523. The zero-order valence-electron chi connectivity index (χ0n) is 4.35. The van der Waals surface area contributed by atoms with Crippen LogP contribution in [0.3, 0.4) is 0 Å². The van der Waals surface area contributed by atoms with Gasteiger partial charge >= 0.3 is 0 Å². The van der Waals surface area contributed by atoms with Gasteiger partial charge in [0, 0.05) is 6.42 Å². The third-order valence-corrected chi connectivity index (χ3v) is 0.889. The van der Waals surface area contributed by atoms with Crippen molar-refractivity contribution in [3.05, 3.63) is 0 Å². The van der Waals surface area contributed by atoms with Crippen LogP contribution in [0, 0.1) is 0 Å². The second-order valence-electron chi connectivity index (χ2n) is 1.57. The number of nitrogens with one attached hydrogen (secondary N) is 1. The molecule has 0 bridgehead atoms. The molecule has 1 aliphatic heterocycles. The Hall–Kier alpha value is -1.06. The van der Waals surface area contributed by atoms with Gasteiger partial charge in [-0.05, 0) is 0 Å². The van der Waals surface area contributed by atoms with E-state index in [9.17, 15) is 4.79 Å². The van der Waals surface area contributed by atoms with Crippen LogP contribution in [0.4, 0.5) is 0 Å². The molecular formula is C4H7N3O. The van der Waals surface area contributed by atoms with Crippen LogP contribution in [0.15, 0.2) is 4.99 Å². The monoisotopic (exact) mass is 113 g/mol. The molecule has 1 amide bonds. The van der Waals surface area contributed by atoms with Gasteiger partial charge in [-0.1, -0.05) is 0 Å². The van der Waals surface area contributed by atoms with Gasteiger partial charge in [0.1, 0.15) is 0 Å². The Kier molecular flexibility index (Phi) is 1.15. The Labute approximate surface area is 46.8 Å². The van der Waals surface area contributed by atoms with Gasteiger partial charge in [-0.2, -0.15) is 0 Å². The van der Waals surface area contributed by atoms with Gasteiger partial charge in [-0.25, -0.2) is 0 Å². The first kappa shape index (κ1) is 5.08. The summed E-state index contributed by atoms with van der Waals surface area (Å²) in [5, 5.41) is 2.37. The first-order valence-corrected chi connectivity index (χ1v) is 2.39. The lowest BCUT2D eigenvalue weighted by Crippen LogP contribution is -2.40. The lowest BCUT2D eigenvalue weighted by atomic mass is 10.4. The average Bonchev–Trinajstić information content (AvgIpc) is 1.64. The van der Waals surface area contributed by atoms with Gasteiger partial charge < -0.3 is 5.73 Å². The van der Waals surface area contributed by atoms with Crippen LogP contribution in [0.1, 0.15) is 6.42 Å². The molecule has 0 saturated carbocycles. The van der Waals surface area contributed by atoms with E-state index in [2.05, 4.69) is 10.3 Å². The molecule has 0 spiro atoms. The van der Waals surface area contributed by atoms with Crippen LogP contribution < -0.4 is 11.1 Å². The number of nitrogens with two attached hydrogens (primary N) is 1. The van der Waals surface area contributed by atoms with Crippen molar-refractivity contribution in [2.45, 2.75) is 6.42 Å². The van der Waals surface area contributed by atoms with Gasteiger partial charge in [-0.15, -0.1) is 0 Å². The zero-order chi connectivity index (χ0) is 5.98. The molecule has 1 aliphatic rings. The van der Waals surface area contributed by atoms with Gasteiger partial charge in [0.25, 0.3) is 0 Å². The molecule has 0 fully saturated rings. The summed E-state index contributed by atoms with van der Waals surface area (Å²) in [6, 6.07) is 0. The molecule has 0 radical (unpaired) electrons. The first-order valence-electron chi connectivity index (χ1n) is 2.39. The second kappa shape index (κ2) is 1.81. The number of carbonyl (C=O) groups excluding carboxylic acids is 1. The van der Waals surface area contributed by atoms with Crippen LogP contribution in [-0.4, -0.2) is 18.4 Å². The number of carbonyl (C=O) groups is 1. The highest BCUT2D eigenvalue weighted by atomic mass is 16.1. The maximum absolute atomic E-state index is 10.4. The smallest absolute Gasteiger partial charge is 0.228 e. The predicted molar refractivity (Wildman–Crippen MR) is 29.2 cm³/mol. The van der Waals surface area contributed by atoms with Crippen molar-refractivity contribution >= 4 is 11.9 Å². The van der Waals surface area contributed by atoms with Crippen molar-refractivity contribution in [1.82, 2.24) is 5.32 Å². The molecule has 4 heteroatoms. The summed E-state index contributed by atoms with van der Waals surface area (Å²) in [5.41, 5.74) is 5.14. The summed E-state index contributed by atoms with van der Waals surface area (Å²) in [6.45, 7) is 0.525. The molecule has 1 rings (SSSR count). The minimum absolute atomic E-state index is 0.0440. The molecule has 0 aromatic carbocycles. The average molecular weight is 113 g/mol. The maximum atomic E-state index is 10.4. The Morgan fingerprint density at radius 2 is 2.50 bits per heavy atom. The fraction of sp³-hybridized carbons (Fsp3) is 0.500. The number of hydrogen-bond acceptors (Lipinski definition) is 3. The predicted octanol–water partition coefficient (Wildman–Crippen LogP) is -1.18. The summed E-state index contributed by atoms with van der Waals surface area (Å²) < 4.78 is 0. The van der Waals surface area contributed by atoms with E-state index in [0.717, 1.165) is 0 Å². The van der Waals surface area contributed by atoms with Gasteiger partial charge in [0.2, 0.25) is 5.91 Å². The molecule has 0 aromatic heterocycles. The van der Waals surface area contributed by atoms with Crippen molar-refractivity contribution in [3.8, 4) is 0 Å². The summed E-state index contributed by atoms with van der Waals surface area (Å²) >= 11 is 0. The summed E-state index contributed by atoms with van der Waals surface area (Å²) in [4.78, 5) is 14.1. The minimum atomic E-state index is -0.0440. The second-order valence-corrected chi connectivity index (χ2v) is 1.57. The van der Waals surface area contributed by atoms with Gasteiger partial charge in [-0.3, -0.25) is 15.1 Å². The molecule has 0 unspecified atom stereocenters. The van der Waals surface area contributed by atoms with E-state index < -0.39 is 0 Å². The quantitative estimate of drug-likeness (QED) is 0.415. The van der Waals surface area contributed by atoms with E-state index in [1.807, 2.05) is 0 Å². The lowest BCUT2D eigenvalue weighted by molar-refractivity contribution is -0.119.